The van der Waals surface area contributed by atoms with E-state index in [2.05, 4.69) is 20.7 Å². The highest BCUT2D eigenvalue weighted by atomic mass is 79.9. The monoisotopic (exact) mass is 357 g/mol. The third kappa shape index (κ3) is 3.05. The van der Waals surface area contributed by atoms with Crippen molar-refractivity contribution >= 4 is 31.6 Å². The smallest absolute Gasteiger partial charge is 0.263 e. The highest BCUT2D eigenvalue weighted by Gasteiger charge is 2.19. The number of halogens is 1. The minimum atomic E-state index is -3.80. The minimum Gasteiger partial charge on any atom is -0.506 e. The van der Waals surface area contributed by atoms with E-state index in [4.69, 9.17) is 4.74 Å². The Kier molecular flexibility index (Phi) is 4.20. The van der Waals surface area contributed by atoms with Crippen molar-refractivity contribution in [3.63, 3.8) is 0 Å². The lowest BCUT2D eigenvalue weighted by atomic mass is 10.3. The number of rotatable bonds is 4. The molecule has 2 aromatic carbocycles. The van der Waals surface area contributed by atoms with Gasteiger partial charge in [0, 0.05) is 10.5 Å². The fourth-order valence-electron chi connectivity index (χ4n) is 1.59. The standard InChI is InChI=1S/C13H12BrNO4S/c1-19-9-6-7-12(16)11(8-9)15-20(17,18)13-5-3-2-4-10(13)14/h2-8,15-16H,1H3. The lowest BCUT2D eigenvalue weighted by molar-refractivity contribution is 0.413. The molecule has 0 spiro atoms. The maximum Gasteiger partial charge on any atom is 0.263 e. The maximum absolute atomic E-state index is 12.3. The van der Waals surface area contributed by atoms with E-state index in [1.807, 2.05) is 0 Å². The molecule has 0 fully saturated rings. The number of nitrogens with one attached hydrogen (secondary N) is 1. The number of phenolic OH excluding ortho intramolecular Hbond substituents is 1. The van der Waals surface area contributed by atoms with Gasteiger partial charge in [-0.3, -0.25) is 4.72 Å². The van der Waals surface area contributed by atoms with Gasteiger partial charge in [0.25, 0.3) is 10.0 Å². The molecule has 0 unspecified atom stereocenters. The van der Waals surface area contributed by atoms with Crippen LogP contribution in [0.15, 0.2) is 51.8 Å². The van der Waals surface area contributed by atoms with E-state index in [9.17, 15) is 13.5 Å². The SMILES string of the molecule is COc1ccc(O)c(NS(=O)(=O)c2ccccc2Br)c1. The van der Waals surface area contributed by atoms with Crippen LogP contribution >= 0.6 is 15.9 Å². The summed E-state index contributed by atoms with van der Waals surface area (Å²) in [5.74, 6) is 0.258. The topological polar surface area (TPSA) is 75.6 Å². The van der Waals surface area contributed by atoms with E-state index in [-0.39, 0.29) is 16.3 Å². The zero-order valence-corrected chi connectivity index (χ0v) is 12.9. The van der Waals surface area contributed by atoms with Gasteiger partial charge in [0.05, 0.1) is 12.8 Å². The number of ether oxygens (including phenoxy) is 1. The number of phenols is 1. The van der Waals surface area contributed by atoms with Crippen LogP contribution in [-0.2, 0) is 10.0 Å². The van der Waals surface area contributed by atoms with Crippen LogP contribution in [0.3, 0.4) is 0 Å². The predicted octanol–water partition coefficient (Wildman–Crippen LogP) is 2.96. The zero-order valence-electron chi connectivity index (χ0n) is 10.5. The van der Waals surface area contributed by atoms with Crippen molar-refractivity contribution in [1.82, 2.24) is 0 Å². The van der Waals surface area contributed by atoms with Gasteiger partial charge in [-0.15, -0.1) is 0 Å². The van der Waals surface area contributed by atoms with Gasteiger partial charge < -0.3 is 9.84 Å². The van der Waals surface area contributed by atoms with Gasteiger partial charge in [0.15, 0.2) is 0 Å². The Morgan fingerprint density at radius 2 is 1.90 bits per heavy atom. The van der Waals surface area contributed by atoms with E-state index < -0.39 is 10.0 Å². The molecule has 0 radical (unpaired) electrons. The summed E-state index contributed by atoms with van der Waals surface area (Å²) in [5.41, 5.74) is 0.0557. The Balaban J connectivity index is 2.41. The Bertz CT molecular complexity index is 731. The molecule has 2 N–H and O–H groups in total. The second-order valence-corrected chi connectivity index (χ2v) is 6.42. The Morgan fingerprint density at radius 1 is 1.20 bits per heavy atom. The molecule has 2 rings (SSSR count). The summed E-state index contributed by atoms with van der Waals surface area (Å²) in [5, 5.41) is 9.72. The highest BCUT2D eigenvalue weighted by molar-refractivity contribution is 9.10. The van der Waals surface area contributed by atoms with Gasteiger partial charge in [0.1, 0.15) is 16.4 Å². The van der Waals surface area contributed by atoms with Gasteiger partial charge >= 0.3 is 0 Å². The third-order valence-corrected chi connectivity index (χ3v) is 4.95. The molecule has 0 aliphatic rings. The molecule has 0 aromatic heterocycles. The first-order valence-electron chi connectivity index (χ1n) is 5.58. The molecule has 106 valence electrons. The molecule has 0 aliphatic carbocycles. The lowest BCUT2D eigenvalue weighted by Gasteiger charge is -2.11. The van der Waals surface area contributed by atoms with Crippen LogP contribution in [0.5, 0.6) is 11.5 Å². The summed E-state index contributed by atoms with van der Waals surface area (Å²) < 4.78 is 32.3. The largest absolute Gasteiger partial charge is 0.506 e. The number of sulfonamides is 1. The van der Waals surface area contributed by atoms with Crippen molar-refractivity contribution < 1.29 is 18.3 Å². The van der Waals surface area contributed by atoms with Gasteiger partial charge in [-0.25, -0.2) is 8.42 Å². The van der Waals surface area contributed by atoms with Crippen LogP contribution in [0.25, 0.3) is 0 Å². The van der Waals surface area contributed by atoms with Crippen LogP contribution in [0.4, 0.5) is 5.69 Å². The second kappa shape index (κ2) is 5.72. The summed E-state index contributed by atoms with van der Waals surface area (Å²) >= 11 is 3.19. The molecule has 0 atom stereocenters. The van der Waals surface area contributed by atoms with Crippen LogP contribution in [0.2, 0.25) is 0 Å². The molecule has 0 saturated heterocycles. The Hall–Kier alpha value is -1.73. The first-order valence-corrected chi connectivity index (χ1v) is 7.86. The molecule has 0 heterocycles. The summed E-state index contributed by atoms with van der Waals surface area (Å²) in [6.45, 7) is 0. The van der Waals surface area contributed by atoms with E-state index in [0.29, 0.717) is 10.2 Å². The fourth-order valence-corrected chi connectivity index (χ4v) is 3.66. The highest BCUT2D eigenvalue weighted by Crippen LogP contribution is 2.31. The van der Waals surface area contributed by atoms with Crippen molar-refractivity contribution in [1.29, 1.82) is 0 Å². The number of hydrogen-bond donors (Lipinski definition) is 2. The molecule has 0 aliphatic heterocycles. The summed E-state index contributed by atoms with van der Waals surface area (Å²) in [4.78, 5) is 0.0854. The molecule has 7 heteroatoms. The predicted molar refractivity (Wildman–Crippen MR) is 79.6 cm³/mol. The first-order chi connectivity index (χ1) is 9.44. The molecular formula is C13H12BrNO4S. The van der Waals surface area contributed by atoms with E-state index in [0.717, 1.165) is 0 Å². The number of anilines is 1. The van der Waals surface area contributed by atoms with Crippen molar-refractivity contribution in [2.75, 3.05) is 11.8 Å². The number of benzene rings is 2. The van der Waals surface area contributed by atoms with Crippen LogP contribution in [0, 0.1) is 0 Å². The second-order valence-electron chi connectivity index (χ2n) is 3.92. The lowest BCUT2D eigenvalue weighted by Crippen LogP contribution is -2.13. The van der Waals surface area contributed by atoms with Crippen LogP contribution < -0.4 is 9.46 Å². The summed E-state index contributed by atoms with van der Waals surface area (Å²) in [6, 6.07) is 10.7. The van der Waals surface area contributed by atoms with Crippen molar-refractivity contribution in [3.8, 4) is 11.5 Å². The van der Waals surface area contributed by atoms with E-state index in [1.165, 1.54) is 31.4 Å². The van der Waals surface area contributed by atoms with E-state index in [1.54, 1.807) is 18.2 Å². The molecular weight excluding hydrogens is 346 g/mol. The van der Waals surface area contributed by atoms with Gasteiger partial charge in [0.2, 0.25) is 0 Å². The van der Waals surface area contributed by atoms with Crippen molar-refractivity contribution in [3.05, 3.63) is 46.9 Å². The summed E-state index contributed by atoms with van der Waals surface area (Å²) in [6.07, 6.45) is 0. The number of aromatic hydroxyl groups is 1. The van der Waals surface area contributed by atoms with Crippen molar-refractivity contribution in [2.24, 2.45) is 0 Å². The quantitative estimate of drug-likeness (QED) is 0.824. The number of hydrogen-bond acceptors (Lipinski definition) is 4. The first kappa shape index (κ1) is 14.7. The van der Waals surface area contributed by atoms with Crippen LogP contribution in [-0.4, -0.2) is 20.6 Å². The molecule has 0 saturated carbocycles. The molecule has 2 aromatic rings. The van der Waals surface area contributed by atoms with Crippen molar-refractivity contribution in [2.45, 2.75) is 4.90 Å². The van der Waals surface area contributed by atoms with Gasteiger partial charge in [-0.2, -0.15) is 0 Å². The van der Waals surface area contributed by atoms with Gasteiger partial charge in [-0.1, -0.05) is 12.1 Å². The van der Waals surface area contributed by atoms with Gasteiger partial charge in [-0.05, 0) is 40.2 Å². The third-order valence-electron chi connectivity index (χ3n) is 2.57. The number of methoxy groups -OCH3 is 1. The Labute approximate surface area is 125 Å². The molecule has 0 bridgehead atoms. The molecule has 0 amide bonds. The average Bonchev–Trinajstić information content (AvgIpc) is 2.41. The Morgan fingerprint density at radius 3 is 2.55 bits per heavy atom. The average molecular weight is 358 g/mol. The zero-order chi connectivity index (χ0) is 14.8. The molecule has 5 nitrogen and oxygen atoms in total. The minimum absolute atomic E-state index is 0.0557. The van der Waals surface area contributed by atoms with Crippen LogP contribution in [0.1, 0.15) is 0 Å². The normalized spacial score (nSPS) is 11.1. The fraction of sp³-hybridized carbons (Fsp3) is 0.0769. The summed E-state index contributed by atoms with van der Waals surface area (Å²) in [7, 11) is -2.35. The maximum atomic E-state index is 12.3. The van der Waals surface area contributed by atoms with E-state index >= 15 is 0 Å². The molecule has 20 heavy (non-hydrogen) atoms.